The standard InChI is InChI=1S/C27H22N2O5/c1-33-15-29-25-18(9-5-13-28-25)27(26(29)32)22(24(31)16-7-3-2-4-8-16)17-11-12-19(30)21(17)23(27)20-10-6-14-34-20/h2-14,17,21-23H,15H2,1H3/t17-,21-,22-,23-,27-/m1/s1. The highest BCUT2D eigenvalue weighted by atomic mass is 16.5. The second-order valence-corrected chi connectivity index (χ2v) is 8.96. The van der Waals surface area contributed by atoms with Gasteiger partial charge in [0.05, 0.1) is 11.7 Å². The van der Waals surface area contributed by atoms with E-state index >= 15 is 0 Å². The Morgan fingerprint density at radius 3 is 2.68 bits per heavy atom. The van der Waals surface area contributed by atoms with Gasteiger partial charge in [-0.3, -0.25) is 19.3 Å². The Kier molecular flexibility index (Phi) is 4.64. The Labute approximate surface area is 196 Å². The molecule has 1 spiro atoms. The summed E-state index contributed by atoms with van der Waals surface area (Å²) in [6.45, 7) is -0.0131. The summed E-state index contributed by atoms with van der Waals surface area (Å²) >= 11 is 0. The van der Waals surface area contributed by atoms with Gasteiger partial charge in [-0.05, 0) is 30.2 Å². The average molecular weight is 454 g/mol. The maximum absolute atomic E-state index is 14.4. The molecule has 0 unspecified atom stereocenters. The molecule has 3 aromatic rings. The molecule has 6 rings (SSSR count). The normalized spacial score (nSPS) is 29.1. The van der Waals surface area contributed by atoms with E-state index < -0.39 is 29.1 Å². The van der Waals surface area contributed by atoms with E-state index in [1.165, 1.54) is 18.3 Å². The maximum Gasteiger partial charge on any atom is 0.242 e. The van der Waals surface area contributed by atoms with E-state index in [1.54, 1.807) is 60.8 Å². The van der Waals surface area contributed by atoms with Crippen molar-refractivity contribution in [2.24, 2.45) is 17.8 Å². The summed E-state index contributed by atoms with van der Waals surface area (Å²) in [4.78, 5) is 47.8. The highest BCUT2D eigenvalue weighted by molar-refractivity contribution is 6.15. The number of ketones is 2. The Hall–Kier alpha value is -3.84. The van der Waals surface area contributed by atoms with Gasteiger partial charge in [0.15, 0.2) is 11.6 Å². The minimum atomic E-state index is -1.36. The van der Waals surface area contributed by atoms with Gasteiger partial charge in [0.25, 0.3) is 0 Å². The van der Waals surface area contributed by atoms with Gasteiger partial charge in [-0.15, -0.1) is 0 Å². The third-order valence-corrected chi connectivity index (χ3v) is 7.49. The van der Waals surface area contributed by atoms with Crippen molar-refractivity contribution in [3.05, 3.63) is 96.1 Å². The van der Waals surface area contributed by atoms with Crippen LogP contribution in [0.1, 0.15) is 27.6 Å². The van der Waals surface area contributed by atoms with E-state index in [0.29, 0.717) is 22.7 Å². The van der Waals surface area contributed by atoms with Gasteiger partial charge in [-0.1, -0.05) is 42.5 Å². The van der Waals surface area contributed by atoms with E-state index in [4.69, 9.17) is 9.15 Å². The lowest BCUT2D eigenvalue weighted by molar-refractivity contribution is -0.126. The van der Waals surface area contributed by atoms with Crippen LogP contribution in [-0.2, 0) is 19.7 Å². The van der Waals surface area contributed by atoms with Crippen molar-refractivity contribution in [3.63, 3.8) is 0 Å². The van der Waals surface area contributed by atoms with Crippen LogP contribution < -0.4 is 4.90 Å². The molecule has 7 heteroatoms. The first-order valence-corrected chi connectivity index (χ1v) is 11.2. The van der Waals surface area contributed by atoms with Crippen LogP contribution in [0.4, 0.5) is 5.82 Å². The first kappa shape index (κ1) is 20.7. The number of carbonyl (C=O) groups excluding carboxylic acids is 3. The molecule has 1 aromatic carbocycles. The average Bonchev–Trinajstić information content (AvgIpc) is 3.62. The van der Waals surface area contributed by atoms with E-state index in [-0.39, 0.29) is 24.2 Å². The number of allylic oxidation sites excluding steroid dienone is 2. The topological polar surface area (TPSA) is 89.7 Å². The Balaban J connectivity index is 1.67. The first-order chi connectivity index (χ1) is 16.6. The summed E-state index contributed by atoms with van der Waals surface area (Å²) in [7, 11) is 1.51. The zero-order valence-corrected chi connectivity index (χ0v) is 18.5. The van der Waals surface area contributed by atoms with Crippen molar-refractivity contribution < 1.29 is 23.5 Å². The summed E-state index contributed by atoms with van der Waals surface area (Å²) < 4.78 is 11.2. The lowest BCUT2D eigenvalue weighted by atomic mass is 9.63. The lowest BCUT2D eigenvalue weighted by Gasteiger charge is -2.35. The molecule has 0 bridgehead atoms. The quantitative estimate of drug-likeness (QED) is 0.548. The van der Waals surface area contributed by atoms with Crippen LogP contribution in [0.2, 0.25) is 0 Å². The molecular weight excluding hydrogens is 432 g/mol. The number of fused-ring (bicyclic) bond motifs is 3. The van der Waals surface area contributed by atoms with Crippen LogP contribution in [0.25, 0.3) is 0 Å². The number of hydrogen-bond acceptors (Lipinski definition) is 6. The second kappa shape index (κ2) is 7.60. The predicted octanol–water partition coefficient (Wildman–Crippen LogP) is 3.53. The molecule has 0 N–H and O–H groups in total. The second-order valence-electron chi connectivity index (χ2n) is 8.96. The van der Waals surface area contributed by atoms with Crippen molar-refractivity contribution in [3.8, 4) is 0 Å². The number of furan rings is 1. The summed E-state index contributed by atoms with van der Waals surface area (Å²) in [6.07, 6.45) is 6.49. The van der Waals surface area contributed by atoms with Crippen LogP contribution in [-0.4, -0.2) is 36.3 Å². The number of benzene rings is 1. The third kappa shape index (κ3) is 2.56. The third-order valence-electron chi connectivity index (χ3n) is 7.49. The largest absolute Gasteiger partial charge is 0.469 e. The smallest absolute Gasteiger partial charge is 0.242 e. The van der Waals surface area contributed by atoms with Gasteiger partial charge >= 0.3 is 0 Å². The molecule has 1 fully saturated rings. The maximum atomic E-state index is 14.4. The van der Waals surface area contributed by atoms with Gasteiger partial charge in [0, 0.05) is 42.2 Å². The molecule has 3 heterocycles. The van der Waals surface area contributed by atoms with Crippen molar-refractivity contribution in [1.82, 2.24) is 4.98 Å². The Bertz CT molecular complexity index is 1320. The van der Waals surface area contributed by atoms with Crippen molar-refractivity contribution in [1.29, 1.82) is 0 Å². The van der Waals surface area contributed by atoms with Crippen LogP contribution in [0, 0.1) is 17.8 Å². The number of rotatable bonds is 5. The van der Waals surface area contributed by atoms with Crippen molar-refractivity contribution in [2.75, 3.05) is 18.7 Å². The van der Waals surface area contributed by atoms with Gasteiger partial charge in [0.1, 0.15) is 18.3 Å². The fourth-order valence-electron chi connectivity index (χ4n) is 6.36. The van der Waals surface area contributed by atoms with Crippen molar-refractivity contribution in [2.45, 2.75) is 11.3 Å². The Morgan fingerprint density at radius 2 is 1.94 bits per heavy atom. The fraction of sp³-hybridized carbons (Fsp3) is 0.259. The number of ether oxygens (including phenoxy) is 1. The molecule has 7 nitrogen and oxygen atoms in total. The monoisotopic (exact) mass is 454 g/mol. The van der Waals surface area contributed by atoms with Crippen LogP contribution >= 0.6 is 0 Å². The molecule has 5 atom stereocenters. The highest BCUT2D eigenvalue weighted by Gasteiger charge is 2.73. The molecule has 0 radical (unpaired) electrons. The molecular formula is C27H22N2O5. The van der Waals surface area contributed by atoms with E-state index in [1.807, 2.05) is 12.1 Å². The number of amides is 1. The van der Waals surface area contributed by atoms with E-state index in [2.05, 4.69) is 4.98 Å². The number of Topliss-reactive ketones (excluding diaryl/α,β-unsaturated/α-hetero) is 1. The Morgan fingerprint density at radius 1 is 1.12 bits per heavy atom. The first-order valence-electron chi connectivity index (χ1n) is 11.2. The fourth-order valence-corrected chi connectivity index (χ4v) is 6.36. The highest BCUT2D eigenvalue weighted by Crippen LogP contribution is 2.66. The summed E-state index contributed by atoms with van der Waals surface area (Å²) in [5, 5.41) is 0. The molecule has 1 amide bonds. The number of aromatic nitrogens is 1. The number of nitrogens with zero attached hydrogens (tertiary/aromatic N) is 2. The number of carbonyl (C=O) groups is 3. The van der Waals surface area contributed by atoms with Gasteiger partial charge in [-0.2, -0.15) is 0 Å². The molecule has 170 valence electrons. The van der Waals surface area contributed by atoms with Gasteiger partial charge < -0.3 is 9.15 Å². The molecule has 2 aliphatic carbocycles. The molecule has 1 aliphatic heterocycles. The summed E-state index contributed by atoms with van der Waals surface area (Å²) in [6, 6.07) is 16.1. The van der Waals surface area contributed by atoms with Crippen molar-refractivity contribution >= 4 is 23.3 Å². The number of methoxy groups -OCH3 is 1. The molecule has 34 heavy (non-hydrogen) atoms. The van der Waals surface area contributed by atoms with Crippen LogP contribution in [0.3, 0.4) is 0 Å². The zero-order chi connectivity index (χ0) is 23.4. The van der Waals surface area contributed by atoms with Gasteiger partial charge in [-0.25, -0.2) is 4.98 Å². The molecule has 3 aliphatic rings. The minimum absolute atomic E-state index is 0.0131. The lowest BCUT2D eigenvalue weighted by Crippen LogP contribution is -2.50. The zero-order valence-electron chi connectivity index (χ0n) is 18.5. The number of hydrogen-bond donors (Lipinski definition) is 0. The van der Waals surface area contributed by atoms with E-state index in [0.717, 1.165) is 0 Å². The number of pyridine rings is 1. The number of anilines is 1. The SMILES string of the molecule is COCN1C(=O)[C@@]2(c3cccnc31)[C@H](c1ccco1)[C@H]1C(=O)C=C[C@H]1[C@@H]2C(=O)c1ccccc1. The minimum Gasteiger partial charge on any atom is -0.469 e. The molecule has 0 saturated heterocycles. The van der Waals surface area contributed by atoms with Crippen LogP contribution in [0.15, 0.2) is 83.6 Å². The van der Waals surface area contributed by atoms with E-state index in [9.17, 15) is 14.4 Å². The molecule has 2 aromatic heterocycles. The predicted molar refractivity (Wildman–Crippen MR) is 122 cm³/mol. The van der Waals surface area contributed by atoms with Gasteiger partial charge in [0.2, 0.25) is 5.91 Å². The van der Waals surface area contributed by atoms with Crippen LogP contribution in [0.5, 0.6) is 0 Å². The molecule has 1 saturated carbocycles. The summed E-state index contributed by atoms with van der Waals surface area (Å²) in [5.41, 5.74) is -0.229. The summed E-state index contributed by atoms with van der Waals surface area (Å²) in [5.74, 6) is -2.12.